The van der Waals surface area contributed by atoms with Gasteiger partial charge in [0.1, 0.15) is 5.69 Å². The lowest BCUT2D eigenvalue weighted by molar-refractivity contribution is -0.141. The van der Waals surface area contributed by atoms with Crippen molar-refractivity contribution in [3.8, 4) is 22.5 Å². The molecular weight excluding hydrogens is 407 g/mol. The molecule has 6 rings (SSSR count). The van der Waals surface area contributed by atoms with Crippen molar-refractivity contribution in [2.75, 3.05) is 19.6 Å². The minimum absolute atomic E-state index is 0.0466. The summed E-state index contributed by atoms with van der Waals surface area (Å²) in [7, 11) is 0. The minimum Gasteiger partial charge on any atom is -0.357 e. The number of halogens is 3. The van der Waals surface area contributed by atoms with Crippen LogP contribution in [-0.2, 0) is 24.4 Å². The van der Waals surface area contributed by atoms with Gasteiger partial charge in [0.2, 0.25) is 0 Å². The van der Waals surface area contributed by atoms with E-state index in [2.05, 4.69) is 25.6 Å². The molecule has 1 aliphatic carbocycles. The molecule has 0 aromatic carbocycles. The van der Waals surface area contributed by atoms with Gasteiger partial charge in [0.05, 0.1) is 22.4 Å². The van der Waals surface area contributed by atoms with Gasteiger partial charge in [0, 0.05) is 48.8 Å². The Balaban J connectivity index is 1.46. The van der Waals surface area contributed by atoms with Crippen LogP contribution in [0.3, 0.4) is 0 Å². The van der Waals surface area contributed by atoms with Gasteiger partial charge < -0.3 is 15.6 Å². The van der Waals surface area contributed by atoms with Gasteiger partial charge in [-0.1, -0.05) is 0 Å². The first kappa shape index (κ1) is 18.6. The quantitative estimate of drug-likeness (QED) is 0.560. The van der Waals surface area contributed by atoms with Crippen molar-refractivity contribution < 1.29 is 18.0 Å². The maximum absolute atomic E-state index is 12.8. The average molecular weight is 425 g/mol. The number of rotatable bonds is 1. The molecule has 3 aliphatic rings. The molecule has 5 heterocycles. The smallest absolute Gasteiger partial charge is 0.357 e. The van der Waals surface area contributed by atoms with Crippen molar-refractivity contribution in [2.24, 2.45) is 0 Å². The Kier molecular flexibility index (Phi) is 3.69. The zero-order valence-corrected chi connectivity index (χ0v) is 16.4. The zero-order valence-electron chi connectivity index (χ0n) is 16.4. The summed E-state index contributed by atoms with van der Waals surface area (Å²) < 4.78 is 38.5. The standard InChI is InChI=1S/C22H18F3N5O/c23-22(24,25)16-4-2-12(7-28-16)15-5-14-11(6-27-15)1-3-13-17-19(30-18(13)14)21(8-26-9-21)10-29-20(17)31/h2,4-7,26,30H,1,3,8-10H2,(H,29,31). The fraction of sp³-hybridized carbons (Fsp3) is 0.318. The molecule has 3 aromatic heterocycles. The molecule has 1 spiro atoms. The second-order valence-corrected chi connectivity index (χ2v) is 8.45. The topological polar surface area (TPSA) is 82.7 Å². The Bertz CT molecular complexity index is 1230. The average Bonchev–Trinajstić information content (AvgIpc) is 3.13. The van der Waals surface area contributed by atoms with Crippen LogP contribution in [0.4, 0.5) is 13.2 Å². The van der Waals surface area contributed by atoms with Gasteiger partial charge in [-0.25, -0.2) is 0 Å². The monoisotopic (exact) mass is 425 g/mol. The minimum atomic E-state index is -4.48. The number of H-pyrrole nitrogens is 1. The van der Waals surface area contributed by atoms with Crippen molar-refractivity contribution in [3.63, 3.8) is 0 Å². The van der Waals surface area contributed by atoms with Crippen LogP contribution in [0.1, 0.15) is 32.9 Å². The largest absolute Gasteiger partial charge is 0.433 e. The van der Waals surface area contributed by atoms with Crippen LogP contribution in [0, 0.1) is 0 Å². The number of fused-ring (bicyclic) bond motifs is 6. The molecule has 0 unspecified atom stereocenters. The first-order chi connectivity index (χ1) is 14.9. The van der Waals surface area contributed by atoms with Crippen molar-refractivity contribution in [1.29, 1.82) is 0 Å². The van der Waals surface area contributed by atoms with Gasteiger partial charge >= 0.3 is 6.18 Å². The van der Waals surface area contributed by atoms with E-state index in [-0.39, 0.29) is 11.3 Å². The van der Waals surface area contributed by atoms with Crippen molar-refractivity contribution >= 4 is 5.91 Å². The number of amides is 1. The molecule has 1 saturated heterocycles. The van der Waals surface area contributed by atoms with E-state index in [4.69, 9.17) is 0 Å². The number of aryl methyl sites for hydroxylation is 1. The number of nitrogens with one attached hydrogen (secondary N) is 3. The maximum Gasteiger partial charge on any atom is 0.433 e. The molecule has 3 N–H and O–H groups in total. The first-order valence-corrected chi connectivity index (χ1v) is 10.1. The number of alkyl halides is 3. The molecule has 0 saturated carbocycles. The number of carbonyl (C=O) groups excluding carboxylic acids is 1. The molecule has 9 heteroatoms. The van der Waals surface area contributed by atoms with E-state index in [0.717, 1.165) is 65.6 Å². The maximum atomic E-state index is 12.8. The van der Waals surface area contributed by atoms with E-state index in [9.17, 15) is 18.0 Å². The van der Waals surface area contributed by atoms with Crippen LogP contribution in [0.25, 0.3) is 22.5 Å². The fourth-order valence-electron chi connectivity index (χ4n) is 4.87. The fourth-order valence-corrected chi connectivity index (χ4v) is 4.87. The zero-order chi connectivity index (χ0) is 21.4. The Hall–Kier alpha value is -3.20. The Morgan fingerprint density at radius 1 is 1.03 bits per heavy atom. The highest BCUT2D eigenvalue weighted by Gasteiger charge is 2.47. The number of pyridine rings is 2. The van der Waals surface area contributed by atoms with Crippen LogP contribution in [0.2, 0.25) is 0 Å². The molecule has 2 aliphatic heterocycles. The van der Waals surface area contributed by atoms with E-state index < -0.39 is 11.9 Å². The van der Waals surface area contributed by atoms with Gasteiger partial charge in [-0.05, 0) is 42.2 Å². The van der Waals surface area contributed by atoms with Gasteiger partial charge in [0.25, 0.3) is 5.91 Å². The molecule has 0 bridgehead atoms. The summed E-state index contributed by atoms with van der Waals surface area (Å²) >= 11 is 0. The van der Waals surface area contributed by atoms with Crippen LogP contribution in [0.5, 0.6) is 0 Å². The Labute approximate surface area is 175 Å². The summed E-state index contributed by atoms with van der Waals surface area (Å²) in [5.41, 5.74) is 5.68. The lowest BCUT2D eigenvalue weighted by atomic mass is 9.74. The second-order valence-electron chi connectivity index (χ2n) is 8.45. The molecule has 158 valence electrons. The molecule has 1 amide bonds. The normalized spacial score (nSPS) is 18.6. The third-order valence-electron chi connectivity index (χ3n) is 6.62. The first-order valence-electron chi connectivity index (χ1n) is 10.1. The number of aromatic amines is 1. The predicted molar refractivity (Wildman–Crippen MR) is 107 cm³/mol. The van der Waals surface area contributed by atoms with Gasteiger partial charge in [-0.15, -0.1) is 0 Å². The van der Waals surface area contributed by atoms with E-state index in [1.54, 1.807) is 6.20 Å². The highest BCUT2D eigenvalue weighted by Crippen LogP contribution is 2.43. The molecule has 0 radical (unpaired) electrons. The number of hydrogen-bond donors (Lipinski definition) is 3. The number of hydrogen-bond acceptors (Lipinski definition) is 4. The van der Waals surface area contributed by atoms with Gasteiger partial charge in [-0.2, -0.15) is 13.2 Å². The Morgan fingerprint density at radius 2 is 1.87 bits per heavy atom. The number of nitrogens with zero attached hydrogens (tertiary/aromatic N) is 2. The number of carbonyl (C=O) groups is 1. The highest BCUT2D eigenvalue weighted by molar-refractivity contribution is 6.01. The number of aromatic nitrogens is 3. The molecule has 1 fully saturated rings. The lowest BCUT2D eigenvalue weighted by Crippen LogP contribution is -2.64. The highest BCUT2D eigenvalue weighted by atomic mass is 19.4. The summed E-state index contributed by atoms with van der Waals surface area (Å²) in [5, 5.41) is 6.34. The summed E-state index contributed by atoms with van der Waals surface area (Å²) in [6.45, 7) is 2.23. The third kappa shape index (κ3) is 2.65. The molecule has 31 heavy (non-hydrogen) atoms. The second kappa shape index (κ2) is 6.16. The van der Waals surface area contributed by atoms with Crippen LogP contribution in [-0.4, -0.2) is 40.5 Å². The SMILES string of the molecule is O=C1NCC2(CNC2)c2[nH]c3c(c21)CCc1cnc(-c2ccc(C(F)(F)F)nc2)cc1-3. The van der Waals surface area contributed by atoms with E-state index in [1.807, 2.05) is 6.07 Å². The van der Waals surface area contributed by atoms with E-state index in [0.29, 0.717) is 17.8 Å². The molecule has 3 aromatic rings. The summed E-state index contributed by atoms with van der Waals surface area (Å²) in [6.07, 6.45) is -0.0140. The van der Waals surface area contributed by atoms with E-state index >= 15 is 0 Å². The van der Waals surface area contributed by atoms with Crippen molar-refractivity contribution in [1.82, 2.24) is 25.6 Å². The molecular formula is C22H18F3N5O. The molecule has 0 atom stereocenters. The summed E-state index contributed by atoms with van der Waals surface area (Å²) in [5.74, 6) is -0.0466. The van der Waals surface area contributed by atoms with Gasteiger partial charge in [-0.3, -0.25) is 14.8 Å². The van der Waals surface area contributed by atoms with Crippen molar-refractivity contribution in [3.05, 3.63) is 58.7 Å². The Morgan fingerprint density at radius 3 is 2.55 bits per heavy atom. The molecule has 6 nitrogen and oxygen atoms in total. The summed E-state index contributed by atoms with van der Waals surface area (Å²) in [6, 6.07) is 4.23. The lowest BCUT2D eigenvalue weighted by Gasteiger charge is -2.45. The van der Waals surface area contributed by atoms with Crippen LogP contribution < -0.4 is 10.6 Å². The van der Waals surface area contributed by atoms with Crippen molar-refractivity contribution in [2.45, 2.75) is 24.4 Å². The van der Waals surface area contributed by atoms with Crippen LogP contribution >= 0.6 is 0 Å². The third-order valence-corrected chi connectivity index (χ3v) is 6.62. The van der Waals surface area contributed by atoms with E-state index in [1.165, 1.54) is 12.3 Å². The predicted octanol–water partition coefficient (Wildman–Crippen LogP) is 2.84. The van der Waals surface area contributed by atoms with Crippen LogP contribution in [0.15, 0.2) is 30.6 Å². The summed E-state index contributed by atoms with van der Waals surface area (Å²) in [4.78, 5) is 24.2. The van der Waals surface area contributed by atoms with Gasteiger partial charge in [0.15, 0.2) is 0 Å².